The minimum absolute atomic E-state index is 0.198. The van der Waals surface area contributed by atoms with Gasteiger partial charge in [-0.2, -0.15) is 5.21 Å². The van der Waals surface area contributed by atoms with Gasteiger partial charge in [0.2, 0.25) is 5.91 Å². The maximum Gasteiger partial charge on any atom is 0.410 e. The minimum Gasteiger partial charge on any atom is -0.464 e. The monoisotopic (exact) mass is 420 g/mol. The van der Waals surface area contributed by atoms with Crippen LogP contribution in [0.25, 0.3) is 0 Å². The van der Waals surface area contributed by atoms with E-state index in [0.717, 1.165) is 0 Å². The maximum atomic E-state index is 13.2. The summed E-state index contributed by atoms with van der Waals surface area (Å²) in [5, 5.41) is 16.7. The Kier molecular flexibility index (Phi) is 5.82. The Morgan fingerprint density at radius 1 is 1.40 bits per heavy atom. The van der Waals surface area contributed by atoms with E-state index in [1.54, 1.807) is 33.8 Å². The fourth-order valence-corrected chi connectivity index (χ4v) is 3.70. The van der Waals surface area contributed by atoms with Crippen molar-refractivity contribution in [2.45, 2.75) is 63.6 Å². The summed E-state index contributed by atoms with van der Waals surface area (Å²) in [6.45, 7) is 11.1. The van der Waals surface area contributed by atoms with Crippen LogP contribution in [-0.2, 0) is 19.1 Å². The van der Waals surface area contributed by atoms with E-state index in [0.29, 0.717) is 12.2 Å². The lowest BCUT2D eigenvalue weighted by atomic mass is 10.0. The van der Waals surface area contributed by atoms with Crippen LogP contribution >= 0.6 is 0 Å². The molecule has 2 fully saturated rings. The Labute approximate surface area is 174 Å². The van der Waals surface area contributed by atoms with Gasteiger partial charge in [-0.1, -0.05) is 11.3 Å². The Balaban J connectivity index is 1.80. The predicted octanol–water partition coefficient (Wildman–Crippen LogP) is 0.917. The van der Waals surface area contributed by atoms with E-state index in [-0.39, 0.29) is 31.4 Å². The molecule has 0 aromatic carbocycles. The molecule has 2 amide bonds. The number of carbonyl (C=O) groups excluding carboxylic acids is 3. The number of nitrogens with one attached hydrogen (secondary N) is 2. The number of rotatable bonds is 6. The normalized spacial score (nSPS) is 28.0. The molecule has 1 aromatic heterocycles. The summed E-state index contributed by atoms with van der Waals surface area (Å²) in [6.07, 6.45) is 1.70. The molecule has 0 radical (unpaired) electrons. The number of aromatic nitrogens is 4. The lowest BCUT2D eigenvalue weighted by molar-refractivity contribution is -0.149. The first kappa shape index (κ1) is 21.7. The highest BCUT2D eigenvalue weighted by Gasteiger charge is 2.62. The molecule has 0 spiro atoms. The molecular weight excluding hydrogens is 392 g/mol. The minimum atomic E-state index is -1.14. The number of carbonyl (C=O) groups is 3. The van der Waals surface area contributed by atoms with Gasteiger partial charge in [0.05, 0.1) is 6.61 Å². The molecular formula is C19H28N6O5. The highest BCUT2D eigenvalue weighted by atomic mass is 16.6. The molecule has 11 heteroatoms. The predicted molar refractivity (Wildman–Crippen MR) is 104 cm³/mol. The topological polar surface area (TPSA) is 139 Å². The lowest BCUT2D eigenvalue weighted by Crippen LogP contribution is -2.53. The number of nitrogens with zero attached hydrogens (tertiary/aromatic N) is 4. The Morgan fingerprint density at radius 3 is 2.67 bits per heavy atom. The number of tetrazole rings is 1. The second kappa shape index (κ2) is 8.04. The van der Waals surface area contributed by atoms with Crippen LogP contribution in [0.5, 0.6) is 0 Å². The van der Waals surface area contributed by atoms with Crippen LogP contribution < -0.4 is 5.32 Å². The number of esters is 1. The molecule has 1 saturated carbocycles. The molecule has 2 N–H and O–H groups in total. The molecule has 164 valence electrons. The van der Waals surface area contributed by atoms with Gasteiger partial charge < -0.3 is 14.8 Å². The summed E-state index contributed by atoms with van der Waals surface area (Å²) >= 11 is 0. The van der Waals surface area contributed by atoms with Crippen molar-refractivity contribution in [1.82, 2.24) is 30.8 Å². The smallest absolute Gasteiger partial charge is 0.410 e. The summed E-state index contributed by atoms with van der Waals surface area (Å²) in [6, 6.07) is -0.847. The van der Waals surface area contributed by atoms with Crippen molar-refractivity contribution in [3.05, 3.63) is 18.5 Å². The highest BCUT2D eigenvalue weighted by molar-refractivity contribution is 5.95. The third-order valence-electron chi connectivity index (χ3n) is 5.24. The second-order valence-electron chi connectivity index (χ2n) is 8.58. The van der Waals surface area contributed by atoms with Crippen molar-refractivity contribution in [3.63, 3.8) is 0 Å². The summed E-state index contributed by atoms with van der Waals surface area (Å²) in [7, 11) is 0. The number of hydrogen-bond acceptors (Lipinski definition) is 8. The number of aromatic amines is 1. The van der Waals surface area contributed by atoms with Crippen LogP contribution in [0.3, 0.4) is 0 Å². The SMILES string of the molecule is C=C[C@@H]1CC1(NC(=O)[C@H]1C[C@@H](c2nn[nH]n2)CN1C(=O)OC(C)(C)C)C(=O)OCC. The molecule has 11 nitrogen and oxygen atoms in total. The molecule has 1 aliphatic carbocycles. The first-order valence-corrected chi connectivity index (χ1v) is 9.96. The van der Waals surface area contributed by atoms with Crippen LogP contribution in [0.4, 0.5) is 4.79 Å². The van der Waals surface area contributed by atoms with E-state index < -0.39 is 35.2 Å². The quantitative estimate of drug-likeness (QED) is 0.511. The first-order chi connectivity index (χ1) is 14.1. The van der Waals surface area contributed by atoms with E-state index in [9.17, 15) is 14.4 Å². The Bertz CT molecular complexity index is 820. The zero-order valence-corrected chi connectivity index (χ0v) is 17.7. The number of H-pyrrole nitrogens is 1. The molecule has 30 heavy (non-hydrogen) atoms. The van der Waals surface area contributed by atoms with E-state index >= 15 is 0 Å². The summed E-state index contributed by atoms with van der Waals surface area (Å²) in [4.78, 5) is 39.8. The second-order valence-corrected chi connectivity index (χ2v) is 8.58. The summed E-state index contributed by atoms with van der Waals surface area (Å²) < 4.78 is 10.6. The van der Waals surface area contributed by atoms with Crippen LogP contribution in [-0.4, -0.2) is 73.8 Å². The van der Waals surface area contributed by atoms with Crippen molar-refractivity contribution in [3.8, 4) is 0 Å². The third-order valence-corrected chi connectivity index (χ3v) is 5.24. The average molecular weight is 420 g/mol. The van der Waals surface area contributed by atoms with Gasteiger partial charge in [0.25, 0.3) is 0 Å². The molecule has 1 aromatic rings. The van der Waals surface area contributed by atoms with Crippen LogP contribution in [0, 0.1) is 5.92 Å². The van der Waals surface area contributed by atoms with Crippen molar-refractivity contribution in [2.24, 2.45) is 5.92 Å². The van der Waals surface area contributed by atoms with Crippen molar-refractivity contribution in [1.29, 1.82) is 0 Å². The van der Waals surface area contributed by atoms with E-state index in [1.807, 2.05) is 0 Å². The van der Waals surface area contributed by atoms with E-state index in [1.165, 1.54) is 4.90 Å². The Hall–Kier alpha value is -2.98. The Morgan fingerprint density at radius 2 is 2.13 bits per heavy atom. The van der Waals surface area contributed by atoms with Gasteiger partial charge in [-0.3, -0.25) is 9.69 Å². The van der Waals surface area contributed by atoms with Gasteiger partial charge in [-0.15, -0.1) is 16.8 Å². The van der Waals surface area contributed by atoms with Crippen molar-refractivity contribution in [2.75, 3.05) is 13.2 Å². The van der Waals surface area contributed by atoms with Gasteiger partial charge in [0.15, 0.2) is 5.82 Å². The van der Waals surface area contributed by atoms with Gasteiger partial charge in [0, 0.05) is 18.4 Å². The van der Waals surface area contributed by atoms with Crippen molar-refractivity contribution < 1.29 is 23.9 Å². The molecule has 1 unspecified atom stereocenters. The van der Waals surface area contributed by atoms with Gasteiger partial charge >= 0.3 is 12.1 Å². The van der Waals surface area contributed by atoms with E-state index in [4.69, 9.17) is 9.47 Å². The summed E-state index contributed by atoms with van der Waals surface area (Å²) in [5.41, 5.74) is -1.86. The zero-order chi connectivity index (χ0) is 22.1. The number of amides is 2. The average Bonchev–Trinajstić information content (AvgIpc) is 3.04. The van der Waals surface area contributed by atoms with Crippen LogP contribution in [0.15, 0.2) is 12.7 Å². The van der Waals surface area contributed by atoms with Gasteiger partial charge in [0.1, 0.15) is 17.2 Å². The van der Waals surface area contributed by atoms with Gasteiger partial charge in [-0.05, 0) is 40.5 Å². The van der Waals surface area contributed by atoms with Gasteiger partial charge in [-0.25, -0.2) is 9.59 Å². The molecule has 1 saturated heterocycles. The molecule has 1 aliphatic heterocycles. The molecule has 2 heterocycles. The number of ether oxygens (including phenoxy) is 2. The molecule has 4 atom stereocenters. The van der Waals surface area contributed by atoms with Crippen LogP contribution in [0.2, 0.25) is 0 Å². The standard InChI is InChI=1S/C19H28N6O5/c1-6-12-9-19(12,16(27)29-7-2)20-15(26)13-8-11(14-21-23-24-22-14)10-25(13)17(28)30-18(3,4)5/h6,11-13H,1,7-10H2,2-5H3,(H,20,26)(H,21,22,23,24)/t11-,12-,13-,19?/m1/s1. The number of likely N-dealkylation sites (tertiary alicyclic amines) is 1. The molecule has 3 rings (SSSR count). The number of hydrogen-bond donors (Lipinski definition) is 2. The largest absolute Gasteiger partial charge is 0.464 e. The zero-order valence-electron chi connectivity index (χ0n) is 17.7. The van der Waals surface area contributed by atoms with Crippen molar-refractivity contribution >= 4 is 18.0 Å². The maximum absolute atomic E-state index is 13.2. The van der Waals surface area contributed by atoms with Crippen LogP contribution in [0.1, 0.15) is 52.3 Å². The fourth-order valence-electron chi connectivity index (χ4n) is 3.70. The first-order valence-electron chi connectivity index (χ1n) is 9.96. The van der Waals surface area contributed by atoms with E-state index in [2.05, 4.69) is 32.5 Å². The summed E-state index contributed by atoms with van der Waals surface area (Å²) in [5.74, 6) is -1.05. The lowest BCUT2D eigenvalue weighted by Gasteiger charge is -2.29. The molecule has 2 aliphatic rings. The fraction of sp³-hybridized carbons (Fsp3) is 0.684. The molecule has 0 bridgehead atoms. The third kappa shape index (κ3) is 4.29. The highest BCUT2D eigenvalue weighted by Crippen LogP contribution is 2.46.